The van der Waals surface area contributed by atoms with Crippen LogP contribution in [0.2, 0.25) is 0 Å². The number of pyridine rings is 1. The molecule has 0 radical (unpaired) electrons. The monoisotopic (exact) mass is 283 g/mol. The van der Waals surface area contributed by atoms with E-state index in [9.17, 15) is 0 Å². The number of aromatic amines is 1. The molecule has 4 aromatic heterocycles. The first kappa shape index (κ1) is 11.2. The van der Waals surface area contributed by atoms with Crippen molar-refractivity contribution in [3.05, 3.63) is 36.4 Å². The van der Waals surface area contributed by atoms with E-state index in [1.165, 1.54) is 11.3 Å². The standard InChI is InChI=1S/C12H9N7S/c1-7-9(6-14-15-7)11-18-19-10(16-17-12(19)20-11)8-2-4-13-5-3-8/h2-6H,1H3,(H,14,15). The smallest absolute Gasteiger partial charge is 0.235 e. The zero-order chi connectivity index (χ0) is 13.5. The first-order valence-electron chi connectivity index (χ1n) is 5.96. The van der Waals surface area contributed by atoms with Crippen LogP contribution in [0.1, 0.15) is 5.69 Å². The fraction of sp³-hybridized carbons (Fsp3) is 0.0833. The highest BCUT2D eigenvalue weighted by atomic mass is 32.1. The maximum atomic E-state index is 4.58. The fourth-order valence-corrected chi connectivity index (χ4v) is 2.88. The Labute approximate surface area is 117 Å². The van der Waals surface area contributed by atoms with Gasteiger partial charge in [0, 0.05) is 23.7 Å². The molecule has 0 bridgehead atoms. The van der Waals surface area contributed by atoms with Gasteiger partial charge in [-0.3, -0.25) is 10.1 Å². The van der Waals surface area contributed by atoms with Crippen molar-refractivity contribution in [3.63, 3.8) is 0 Å². The minimum atomic E-state index is 0.714. The predicted octanol–water partition coefficient (Wildman–Crippen LogP) is 1.95. The van der Waals surface area contributed by atoms with E-state index in [1.807, 2.05) is 19.1 Å². The van der Waals surface area contributed by atoms with E-state index in [-0.39, 0.29) is 0 Å². The molecular weight excluding hydrogens is 274 g/mol. The van der Waals surface area contributed by atoms with Crippen LogP contribution in [0.3, 0.4) is 0 Å². The number of aromatic nitrogens is 7. The van der Waals surface area contributed by atoms with Gasteiger partial charge in [-0.2, -0.15) is 14.7 Å². The summed E-state index contributed by atoms with van der Waals surface area (Å²) in [6, 6.07) is 3.77. The largest absolute Gasteiger partial charge is 0.282 e. The Morgan fingerprint density at radius 1 is 1.20 bits per heavy atom. The van der Waals surface area contributed by atoms with Gasteiger partial charge in [0.1, 0.15) is 0 Å². The molecule has 4 heterocycles. The molecule has 0 fully saturated rings. The van der Waals surface area contributed by atoms with Crippen LogP contribution in [-0.2, 0) is 0 Å². The van der Waals surface area contributed by atoms with Gasteiger partial charge in [-0.15, -0.1) is 10.2 Å². The van der Waals surface area contributed by atoms with Crippen LogP contribution >= 0.6 is 11.3 Å². The molecule has 0 atom stereocenters. The molecule has 4 aromatic rings. The molecule has 0 unspecified atom stereocenters. The lowest BCUT2D eigenvalue weighted by Crippen LogP contribution is -1.91. The molecule has 0 amide bonds. The van der Waals surface area contributed by atoms with E-state index < -0.39 is 0 Å². The van der Waals surface area contributed by atoms with Gasteiger partial charge in [-0.05, 0) is 19.1 Å². The van der Waals surface area contributed by atoms with Crippen LogP contribution in [0.15, 0.2) is 30.7 Å². The lowest BCUT2D eigenvalue weighted by Gasteiger charge is -1.95. The third kappa shape index (κ3) is 1.62. The summed E-state index contributed by atoms with van der Waals surface area (Å²) in [7, 11) is 0. The second-order valence-corrected chi connectivity index (χ2v) is 5.23. The average Bonchev–Trinajstić information content (AvgIpc) is 3.13. The Hall–Kier alpha value is -2.61. The van der Waals surface area contributed by atoms with Crippen LogP contribution < -0.4 is 0 Å². The normalized spacial score (nSPS) is 11.2. The van der Waals surface area contributed by atoms with Crippen LogP contribution in [0.5, 0.6) is 0 Å². The summed E-state index contributed by atoms with van der Waals surface area (Å²) < 4.78 is 1.75. The average molecular weight is 283 g/mol. The zero-order valence-electron chi connectivity index (χ0n) is 10.5. The molecule has 0 aliphatic heterocycles. The highest BCUT2D eigenvalue weighted by Gasteiger charge is 2.15. The van der Waals surface area contributed by atoms with Crippen molar-refractivity contribution >= 4 is 16.3 Å². The zero-order valence-corrected chi connectivity index (χ0v) is 11.3. The molecule has 0 saturated heterocycles. The van der Waals surface area contributed by atoms with Gasteiger partial charge in [-0.25, -0.2) is 0 Å². The van der Waals surface area contributed by atoms with Crippen molar-refractivity contribution in [1.29, 1.82) is 0 Å². The van der Waals surface area contributed by atoms with Crippen LogP contribution in [0, 0.1) is 6.92 Å². The van der Waals surface area contributed by atoms with Gasteiger partial charge in [0.25, 0.3) is 0 Å². The first-order chi connectivity index (χ1) is 9.83. The summed E-state index contributed by atoms with van der Waals surface area (Å²) in [5, 5.41) is 20.7. The Morgan fingerprint density at radius 3 is 2.80 bits per heavy atom. The Bertz CT molecular complexity index is 874. The fourth-order valence-electron chi connectivity index (χ4n) is 1.97. The van der Waals surface area contributed by atoms with Gasteiger partial charge in [0.05, 0.1) is 11.8 Å². The van der Waals surface area contributed by atoms with Gasteiger partial charge >= 0.3 is 0 Å². The minimum Gasteiger partial charge on any atom is -0.282 e. The molecule has 98 valence electrons. The number of aryl methyl sites for hydroxylation is 1. The molecule has 1 N–H and O–H groups in total. The van der Waals surface area contributed by atoms with E-state index in [4.69, 9.17) is 0 Å². The van der Waals surface area contributed by atoms with E-state index in [0.717, 1.165) is 26.8 Å². The van der Waals surface area contributed by atoms with Crippen LogP contribution in [0.25, 0.3) is 26.9 Å². The molecule has 0 aliphatic rings. The number of fused-ring (bicyclic) bond motifs is 1. The summed E-state index contributed by atoms with van der Waals surface area (Å²) in [5.41, 5.74) is 2.91. The van der Waals surface area contributed by atoms with Gasteiger partial charge < -0.3 is 0 Å². The summed E-state index contributed by atoms with van der Waals surface area (Å²) in [4.78, 5) is 4.76. The van der Waals surface area contributed by atoms with Crippen molar-refractivity contribution in [1.82, 2.24) is 35.0 Å². The molecule has 0 saturated carbocycles. The number of hydrogen-bond acceptors (Lipinski definition) is 6. The molecule has 0 aliphatic carbocycles. The van der Waals surface area contributed by atoms with Crippen molar-refractivity contribution in [2.75, 3.05) is 0 Å². The lowest BCUT2D eigenvalue weighted by molar-refractivity contribution is 0.969. The van der Waals surface area contributed by atoms with Crippen molar-refractivity contribution in [2.45, 2.75) is 6.92 Å². The third-order valence-electron chi connectivity index (χ3n) is 2.99. The maximum absolute atomic E-state index is 4.58. The van der Waals surface area contributed by atoms with Gasteiger partial charge in [0.15, 0.2) is 10.8 Å². The van der Waals surface area contributed by atoms with E-state index in [2.05, 4.69) is 30.5 Å². The quantitative estimate of drug-likeness (QED) is 0.607. The Morgan fingerprint density at radius 2 is 2.05 bits per heavy atom. The molecule has 8 heteroatoms. The summed E-state index contributed by atoms with van der Waals surface area (Å²) in [5.74, 6) is 0.714. The SMILES string of the molecule is Cc1[nH]ncc1-c1nn2c(-c3ccncc3)nnc2s1. The second kappa shape index (κ2) is 4.20. The number of nitrogens with zero attached hydrogens (tertiary/aromatic N) is 6. The van der Waals surface area contributed by atoms with E-state index >= 15 is 0 Å². The Balaban J connectivity index is 1.90. The maximum Gasteiger partial charge on any atom is 0.235 e. The minimum absolute atomic E-state index is 0.714. The lowest BCUT2D eigenvalue weighted by atomic mass is 10.2. The van der Waals surface area contributed by atoms with E-state index in [1.54, 1.807) is 23.1 Å². The van der Waals surface area contributed by atoms with Crippen molar-refractivity contribution in [3.8, 4) is 22.0 Å². The van der Waals surface area contributed by atoms with Gasteiger partial charge in [-0.1, -0.05) is 11.3 Å². The molecular formula is C12H9N7S. The van der Waals surface area contributed by atoms with Crippen molar-refractivity contribution < 1.29 is 0 Å². The van der Waals surface area contributed by atoms with Gasteiger partial charge in [0.2, 0.25) is 4.96 Å². The number of rotatable bonds is 2. The van der Waals surface area contributed by atoms with Crippen molar-refractivity contribution in [2.24, 2.45) is 0 Å². The molecule has 7 nitrogen and oxygen atoms in total. The molecule has 4 rings (SSSR count). The first-order valence-corrected chi connectivity index (χ1v) is 6.77. The number of nitrogens with one attached hydrogen (secondary N) is 1. The molecule has 0 aromatic carbocycles. The highest BCUT2D eigenvalue weighted by Crippen LogP contribution is 2.28. The topological polar surface area (TPSA) is 84.7 Å². The third-order valence-corrected chi connectivity index (χ3v) is 3.92. The predicted molar refractivity (Wildman–Crippen MR) is 74.2 cm³/mol. The van der Waals surface area contributed by atoms with Crippen LogP contribution in [0.4, 0.5) is 0 Å². The number of H-pyrrole nitrogens is 1. The number of hydrogen-bond donors (Lipinski definition) is 1. The summed E-state index contributed by atoms with van der Waals surface area (Å²) >= 11 is 1.49. The molecule has 0 spiro atoms. The van der Waals surface area contributed by atoms with Crippen LogP contribution in [-0.4, -0.2) is 35.0 Å². The summed E-state index contributed by atoms with van der Waals surface area (Å²) in [6.45, 7) is 1.97. The second-order valence-electron chi connectivity index (χ2n) is 4.27. The Kier molecular flexibility index (Phi) is 2.36. The highest BCUT2D eigenvalue weighted by molar-refractivity contribution is 7.19. The van der Waals surface area contributed by atoms with E-state index in [0.29, 0.717) is 5.82 Å². The summed E-state index contributed by atoms with van der Waals surface area (Å²) in [6.07, 6.45) is 5.22. The molecule has 20 heavy (non-hydrogen) atoms.